The van der Waals surface area contributed by atoms with Crippen LogP contribution < -0.4 is 5.32 Å². The predicted molar refractivity (Wildman–Crippen MR) is 136 cm³/mol. The standard InChI is InChI=1S/C27H48N2O6/c1-5-6-7-8-9-10-11-12-23(30)28-17-22-24(31)25(32)26(33)27(35-22)29(34-4)18-20-13-15-21(16-14-20)19(2)3/h13,21-22,24-27,31-33H,2,5-12,14-18H2,1,3-4H3,(H,28,30)/t21-,22-,24-,25+,26-,27?/m1/s1. The van der Waals surface area contributed by atoms with Crippen LogP contribution >= 0.6 is 0 Å². The van der Waals surface area contributed by atoms with Crippen molar-refractivity contribution in [1.29, 1.82) is 0 Å². The molecule has 1 aliphatic carbocycles. The number of unbranched alkanes of at least 4 members (excludes halogenated alkanes) is 6. The number of rotatable bonds is 15. The molecule has 0 aromatic carbocycles. The van der Waals surface area contributed by atoms with Gasteiger partial charge in [-0.2, -0.15) is 5.06 Å². The summed E-state index contributed by atoms with van der Waals surface area (Å²) in [5.74, 6) is 0.381. The fraction of sp³-hybridized carbons (Fsp3) is 0.815. The van der Waals surface area contributed by atoms with E-state index in [9.17, 15) is 20.1 Å². The van der Waals surface area contributed by atoms with Crippen LogP contribution in [0.2, 0.25) is 0 Å². The number of hydroxylamine groups is 2. The van der Waals surface area contributed by atoms with E-state index in [-0.39, 0.29) is 12.5 Å². The third-order valence-electron chi connectivity index (χ3n) is 7.27. The SMILES string of the molecule is C=C(C)[C@@H]1CC=C(CN(OC)C2O[C@H](CNC(=O)CCCCCCCCC)[C@@H](O)[C@H](O)[C@H]2O)CC1. The number of nitrogens with one attached hydrogen (secondary N) is 1. The maximum atomic E-state index is 12.3. The number of hydrogen-bond donors (Lipinski definition) is 4. The van der Waals surface area contributed by atoms with Gasteiger partial charge in [0.05, 0.1) is 7.11 Å². The Balaban J connectivity index is 1.84. The third-order valence-corrected chi connectivity index (χ3v) is 7.27. The molecule has 2 aliphatic rings. The molecule has 0 aromatic heterocycles. The van der Waals surface area contributed by atoms with Crippen molar-refractivity contribution in [2.45, 2.75) is 115 Å². The molecular weight excluding hydrogens is 448 g/mol. The molecule has 4 N–H and O–H groups in total. The predicted octanol–water partition coefficient (Wildman–Crippen LogP) is 3.22. The number of aliphatic hydroxyl groups excluding tert-OH is 3. The molecule has 8 heteroatoms. The van der Waals surface area contributed by atoms with Gasteiger partial charge in [0.1, 0.15) is 24.4 Å². The second-order valence-corrected chi connectivity index (χ2v) is 10.2. The lowest BCUT2D eigenvalue weighted by atomic mass is 9.85. The van der Waals surface area contributed by atoms with Crippen LogP contribution in [0.15, 0.2) is 23.8 Å². The molecule has 202 valence electrons. The minimum atomic E-state index is -1.41. The summed E-state index contributed by atoms with van der Waals surface area (Å²) in [5.41, 5.74) is 2.35. The van der Waals surface area contributed by atoms with Crippen molar-refractivity contribution >= 4 is 5.91 Å². The van der Waals surface area contributed by atoms with Crippen LogP contribution in [0.5, 0.6) is 0 Å². The molecule has 35 heavy (non-hydrogen) atoms. The van der Waals surface area contributed by atoms with Crippen molar-refractivity contribution in [2.75, 3.05) is 20.2 Å². The minimum Gasteiger partial charge on any atom is -0.388 e. The highest BCUT2D eigenvalue weighted by molar-refractivity contribution is 5.75. The quantitative estimate of drug-likeness (QED) is 0.156. The van der Waals surface area contributed by atoms with Crippen molar-refractivity contribution in [2.24, 2.45) is 5.92 Å². The number of allylic oxidation sites excluding steroid dienone is 2. The van der Waals surface area contributed by atoms with Gasteiger partial charge in [-0.05, 0) is 38.5 Å². The summed E-state index contributed by atoms with van der Waals surface area (Å²) in [5, 5.41) is 35.8. The van der Waals surface area contributed by atoms with Crippen LogP contribution in [0.4, 0.5) is 0 Å². The second-order valence-electron chi connectivity index (χ2n) is 10.2. The van der Waals surface area contributed by atoms with Crippen LogP contribution in [-0.4, -0.2) is 77.1 Å². The maximum Gasteiger partial charge on any atom is 0.220 e. The highest BCUT2D eigenvalue weighted by atomic mass is 16.7. The van der Waals surface area contributed by atoms with Crippen molar-refractivity contribution in [3.8, 4) is 0 Å². The molecule has 0 spiro atoms. The van der Waals surface area contributed by atoms with Gasteiger partial charge in [0.2, 0.25) is 5.91 Å². The summed E-state index contributed by atoms with van der Waals surface area (Å²) in [6.45, 7) is 8.77. The van der Waals surface area contributed by atoms with Crippen molar-refractivity contribution < 1.29 is 29.7 Å². The first-order valence-corrected chi connectivity index (χ1v) is 13.4. The van der Waals surface area contributed by atoms with Gasteiger partial charge in [0.15, 0.2) is 6.23 Å². The van der Waals surface area contributed by atoms with E-state index in [1.807, 2.05) is 0 Å². The largest absolute Gasteiger partial charge is 0.388 e. The average molecular weight is 497 g/mol. The monoisotopic (exact) mass is 496 g/mol. The van der Waals surface area contributed by atoms with E-state index in [1.165, 1.54) is 49.0 Å². The van der Waals surface area contributed by atoms with Gasteiger partial charge in [0, 0.05) is 19.5 Å². The highest BCUT2D eigenvalue weighted by Crippen LogP contribution is 2.30. The average Bonchev–Trinajstić information content (AvgIpc) is 2.85. The molecular formula is C27H48N2O6. The summed E-state index contributed by atoms with van der Waals surface area (Å²) >= 11 is 0. The first-order chi connectivity index (χ1) is 16.8. The summed E-state index contributed by atoms with van der Waals surface area (Å²) in [7, 11) is 1.49. The molecule has 8 nitrogen and oxygen atoms in total. The van der Waals surface area contributed by atoms with E-state index in [0.29, 0.717) is 18.9 Å². The zero-order valence-electron chi connectivity index (χ0n) is 22.0. The Hall–Kier alpha value is -1.29. The van der Waals surface area contributed by atoms with Crippen molar-refractivity contribution in [1.82, 2.24) is 10.4 Å². The van der Waals surface area contributed by atoms with E-state index in [2.05, 4.69) is 31.8 Å². The molecule has 1 fully saturated rings. The van der Waals surface area contributed by atoms with E-state index in [0.717, 1.165) is 38.5 Å². The Bertz CT molecular complexity index is 685. The summed E-state index contributed by atoms with van der Waals surface area (Å²) in [6.07, 6.45) is 7.46. The van der Waals surface area contributed by atoms with E-state index < -0.39 is 30.6 Å². The highest BCUT2D eigenvalue weighted by Gasteiger charge is 2.46. The molecule has 1 amide bonds. The molecule has 6 atom stereocenters. The Labute approximate surface area is 211 Å². The number of carbonyl (C=O) groups is 1. The van der Waals surface area contributed by atoms with Crippen molar-refractivity contribution in [3.05, 3.63) is 23.8 Å². The number of carbonyl (C=O) groups excluding carboxylic acids is 1. The normalized spacial score (nSPS) is 29.2. The van der Waals surface area contributed by atoms with Crippen LogP contribution in [0.3, 0.4) is 0 Å². The van der Waals surface area contributed by atoms with Gasteiger partial charge >= 0.3 is 0 Å². The third kappa shape index (κ3) is 9.59. The van der Waals surface area contributed by atoms with Crippen LogP contribution in [-0.2, 0) is 14.4 Å². The van der Waals surface area contributed by atoms with Gasteiger partial charge in [-0.25, -0.2) is 0 Å². The summed E-state index contributed by atoms with van der Waals surface area (Å²) in [6, 6.07) is 0. The van der Waals surface area contributed by atoms with E-state index in [1.54, 1.807) is 0 Å². The van der Waals surface area contributed by atoms with Crippen LogP contribution in [0.1, 0.15) is 84.5 Å². The lowest BCUT2D eigenvalue weighted by molar-refractivity contribution is -0.321. The Morgan fingerprint density at radius 3 is 2.43 bits per heavy atom. The van der Waals surface area contributed by atoms with Gasteiger partial charge in [-0.15, -0.1) is 0 Å². The van der Waals surface area contributed by atoms with E-state index in [4.69, 9.17) is 9.57 Å². The molecule has 1 saturated heterocycles. The number of aliphatic hydroxyl groups is 3. The number of nitrogens with zero attached hydrogens (tertiary/aromatic N) is 1. The lowest BCUT2D eigenvalue weighted by Crippen LogP contribution is -2.64. The van der Waals surface area contributed by atoms with Crippen LogP contribution in [0.25, 0.3) is 0 Å². The molecule has 0 bridgehead atoms. The minimum absolute atomic E-state index is 0.0529. The van der Waals surface area contributed by atoms with Gasteiger partial charge in [-0.3, -0.25) is 9.63 Å². The fourth-order valence-electron chi connectivity index (χ4n) is 4.82. The maximum absolute atomic E-state index is 12.3. The molecule has 1 unspecified atom stereocenters. The molecule has 2 rings (SSSR count). The number of amides is 1. The fourth-order valence-corrected chi connectivity index (χ4v) is 4.82. The summed E-state index contributed by atoms with van der Waals surface area (Å²) in [4.78, 5) is 17.8. The Morgan fingerprint density at radius 2 is 1.83 bits per heavy atom. The smallest absolute Gasteiger partial charge is 0.220 e. The lowest BCUT2D eigenvalue weighted by Gasteiger charge is -2.44. The van der Waals surface area contributed by atoms with E-state index >= 15 is 0 Å². The topological polar surface area (TPSA) is 111 Å². The van der Waals surface area contributed by atoms with Gasteiger partial charge in [-0.1, -0.05) is 69.2 Å². The molecule has 0 saturated carbocycles. The zero-order valence-corrected chi connectivity index (χ0v) is 22.0. The molecule has 0 radical (unpaired) electrons. The zero-order chi connectivity index (χ0) is 25.8. The van der Waals surface area contributed by atoms with Crippen LogP contribution in [0, 0.1) is 5.92 Å². The second kappa shape index (κ2) is 15.7. The molecule has 0 aromatic rings. The first-order valence-electron chi connectivity index (χ1n) is 13.4. The van der Waals surface area contributed by atoms with Gasteiger partial charge in [0.25, 0.3) is 0 Å². The first kappa shape index (κ1) is 29.9. The summed E-state index contributed by atoms with van der Waals surface area (Å²) < 4.78 is 5.95. The Morgan fingerprint density at radius 1 is 1.14 bits per heavy atom. The molecule has 1 aliphatic heterocycles. The van der Waals surface area contributed by atoms with Crippen molar-refractivity contribution in [3.63, 3.8) is 0 Å². The Kier molecular flexibility index (Phi) is 13.5. The number of hydrogen-bond acceptors (Lipinski definition) is 7. The van der Waals surface area contributed by atoms with Gasteiger partial charge < -0.3 is 25.4 Å². The number of ether oxygens (including phenoxy) is 1. The molecule has 1 heterocycles.